The number of aliphatic hydroxyl groups excluding tert-OH is 1. The van der Waals surface area contributed by atoms with E-state index in [4.69, 9.17) is 36.3 Å². The highest BCUT2D eigenvalue weighted by Crippen LogP contribution is 2.45. The SMILES string of the molecule is CC(C)(C)[Si](C)(C)OC[C@H]1O[C@@H](O[C@H]2[C@H](O[Si](C)(C)C(C)(C)C)C=CO[C@@H]2CO[Si](C)(C)C(C)(C)C)[C@H](O[Si](C)(C)C(C)(C)C)[C@@H](O)[C@H]1O[Si](C)(C)C(C)(C)C. The van der Waals surface area contributed by atoms with Crippen molar-refractivity contribution in [3.8, 4) is 0 Å². The van der Waals surface area contributed by atoms with E-state index in [2.05, 4.69) is 169 Å². The topological polar surface area (TPSA) is 94.1 Å². The van der Waals surface area contributed by atoms with Crippen LogP contribution in [0.2, 0.25) is 90.7 Å². The van der Waals surface area contributed by atoms with Crippen LogP contribution in [0.3, 0.4) is 0 Å². The lowest BCUT2D eigenvalue weighted by atomic mass is 9.99. The largest absolute Gasteiger partial charge is 0.493 e. The summed E-state index contributed by atoms with van der Waals surface area (Å²) in [6.45, 7) is 56.4. The Bertz CT molecular complexity index is 1300. The lowest BCUT2D eigenvalue weighted by Crippen LogP contribution is -2.67. The first kappa shape index (κ1) is 52.4. The van der Waals surface area contributed by atoms with E-state index in [9.17, 15) is 5.11 Å². The van der Waals surface area contributed by atoms with Crippen LogP contribution in [-0.4, -0.2) is 109 Å². The second-order valence-electron chi connectivity index (χ2n) is 24.3. The summed E-state index contributed by atoms with van der Waals surface area (Å²) >= 11 is 0. The zero-order chi connectivity index (χ0) is 44.1. The normalized spacial score (nSPS) is 28.4. The third-order valence-electron chi connectivity index (χ3n) is 14.7. The Labute approximate surface area is 350 Å². The molecule has 0 aliphatic carbocycles. The van der Waals surface area contributed by atoms with Crippen LogP contribution < -0.4 is 0 Å². The molecule has 1 saturated heterocycles. The van der Waals surface area contributed by atoms with E-state index in [0.29, 0.717) is 6.61 Å². The van der Waals surface area contributed by atoms with E-state index in [1.54, 1.807) is 6.26 Å². The average Bonchev–Trinajstić information content (AvgIpc) is 2.96. The number of aliphatic hydroxyl groups is 1. The van der Waals surface area contributed by atoms with E-state index >= 15 is 0 Å². The molecule has 2 heterocycles. The number of rotatable bonds is 14. The van der Waals surface area contributed by atoms with Crippen molar-refractivity contribution in [3.05, 3.63) is 12.3 Å². The molecule has 0 unspecified atom stereocenters. The van der Waals surface area contributed by atoms with Gasteiger partial charge in [0, 0.05) is 0 Å². The number of hydrogen-bond acceptors (Lipinski definition) is 9. The van der Waals surface area contributed by atoms with Crippen molar-refractivity contribution in [3.63, 3.8) is 0 Å². The fourth-order valence-electron chi connectivity index (χ4n) is 5.16. The van der Waals surface area contributed by atoms with Gasteiger partial charge in [-0.25, -0.2) is 0 Å². The molecule has 0 saturated carbocycles. The Kier molecular flexibility index (Phi) is 16.5. The first-order chi connectivity index (χ1) is 24.6. The lowest BCUT2D eigenvalue weighted by molar-refractivity contribution is -0.317. The van der Waals surface area contributed by atoms with Gasteiger partial charge in [-0.1, -0.05) is 104 Å². The van der Waals surface area contributed by atoms with Gasteiger partial charge in [0.2, 0.25) is 0 Å². The molecule has 0 aromatic rings. The first-order valence-corrected chi connectivity index (χ1v) is 35.8. The van der Waals surface area contributed by atoms with Crippen molar-refractivity contribution in [2.24, 2.45) is 0 Å². The summed E-state index contributed by atoms with van der Waals surface area (Å²) in [5.74, 6) is 0. The molecule has 0 radical (unpaired) electrons. The van der Waals surface area contributed by atoms with Gasteiger partial charge in [0.15, 0.2) is 47.9 Å². The van der Waals surface area contributed by atoms with Crippen molar-refractivity contribution >= 4 is 41.6 Å². The molecule has 0 amide bonds. The molecule has 0 aromatic carbocycles. The van der Waals surface area contributed by atoms with Crippen LogP contribution in [0.1, 0.15) is 104 Å². The summed E-state index contributed by atoms with van der Waals surface area (Å²) in [5, 5.41) is 12.5. The molecule has 2 aliphatic rings. The highest BCUT2D eigenvalue weighted by Gasteiger charge is 2.56. The minimum absolute atomic E-state index is 0.0140. The van der Waals surface area contributed by atoms with Crippen LogP contribution >= 0.6 is 0 Å². The van der Waals surface area contributed by atoms with Gasteiger partial charge >= 0.3 is 0 Å². The van der Waals surface area contributed by atoms with Crippen LogP contribution in [0, 0.1) is 0 Å². The highest BCUT2D eigenvalue weighted by atomic mass is 28.4. The van der Waals surface area contributed by atoms with E-state index in [0.717, 1.165) is 0 Å². The van der Waals surface area contributed by atoms with Crippen molar-refractivity contribution in [1.29, 1.82) is 0 Å². The zero-order valence-electron chi connectivity index (χ0n) is 40.9. The maximum atomic E-state index is 12.8. The third-order valence-corrected chi connectivity index (χ3v) is 37.1. The molecule has 8 atom stereocenters. The molecule has 332 valence electrons. The molecule has 1 N–H and O–H groups in total. The van der Waals surface area contributed by atoms with Crippen molar-refractivity contribution in [1.82, 2.24) is 0 Å². The monoisotopic (exact) mass is 879 g/mol. The minimum atomic E-state index is -2.50. The van der Waals surface area contributed by atoms with E-state index in [1.165, 1.54) is 0 Å². The zero-order valence-corrected chi connectivity index (χ0v) is 45.9. The standard InChI is InChI=1S/C42H90O9Si5/c1-38(2,3)52(16,17)45-28-31-34(30(26-27-44-31)49-54(20,21)40(7,8)9)48-37-36(51-56(24,25)42(13,14)15)33(43)35(50-55(22,23)41(10,11)12)32(47-37)29-46-53(18,19)39(4,5)6/h26-27,30-37,43H,28-29H2,1-25H3/t30-,31-,32-,33+,34+,35+,36-,37+/m1/s1. The van der Waals surface area contributed by atoms with Gasteiger partial charge in [0.1, 0.15) is 36.6 Å². The second-order valence-corrected chi connectivity index (χ2v) is 48.2. The lowest BCUT2D eigenvalue weighted by Gasteiger charge is -2.52. The van der Waals surface area contributed by atoms with Crippen molar-refractivity contribution in [2.75, 3.05) is 13.2 Å². The predicted molar refractivity (Wildman–Crippen MR) is 246 cm³/mol. The molecule has 56 heavy (non-hydrogen) atoms. The molecule has 2 rings (SSSR count). The summed E-state index contributed by atoms with van der Waals surface area (Å²) in [6.07, 6.45) is -1.96. The summed E-state index contributed by atoms with van der Waals surface area (Å²) in [7, 11) is -11.6. The minimum Gasteiger partial charge on any atom is -0.493 e. The molecule has 0 spiro atoms. The molecule has 14 heteroatoms. The van der Waals surface area contributed by atoms with Gasteiger partial charge in [-0.05, 0) is 96.7 Å². The Balaban J connectivity index is 2.80. The van der Waals surface area contributed by atoms with Crippen LogP contribution in [-0.2, 0) is 36.3 Å². The average molecular weight is 880 g/mol. The second kappa shape index (κ2) is 17.6. The van der Waals surface area contributed by atoms with Crippen LogP contribution in [0.5, 0.6) is 0 Å². The number of ether oxygens (including phenoxy) is 3. The van der Waals surface area contributed by atoms with Crippen LogP contribution in [0.15, 0.2) is 12.3 Å². The maximum absolute atomic E-state index is 12.8. The predicted octanol–water partition coefficient (Wildman–Crippen LogP) is 11.6. The van der Waals surface area contributed by atoms with Gasteiger partial charge in [0.25, 0.3) is 0 Å². The summed E-state index contributed by atoms with van der Waals surface area (Å²) in [4.78, 5) is 0. The molecule has 2 aliphatic heterocycles. The Hall–Kier alpha value is 0.304. The molecule has 0 aromatic heterocycles. The Morgan fingerprint density at radius 2 is 0.839 bits per heavy atom. The first-order valence-electron chi connectivity index (χ1n) is 21.2. The van der Waals surface area contributed by atoms with Gasteiger partial charge in [-0.2, -0.15) is 0 Å². The quantitative estimate of drug-likeness (QED) is 0.171. The van der Waals surface area contributed by atoms with E-state index < -0.39 is 90.6 Å². The van der Waals surface area contributed by atoms with E-state index in [1.807, 2.05) is 6.08 Å². The fraction of sp³-hybridized carbons (Fsp3) is 0.952. The van der Waals surface area contributed by atoms with E-state index in [-0.39, 0.29) is 31.8 Å². The summed E-state index contributed by atoms with van der Waals surface area (Å²) in [5.41, 5.74) is 0. The van der Waals surface area contributed by atoms with Crippen molar-refractivity contribution < 1.29 is 41.4 Å². The highest BCUT2D eigenvalue weighted by molar-refractivity contribution is 6.75. The summed E-state index contributed by atoms with van der Waals surface area (Å²) in [6, 6.07) is 0. The molecular weight excluding hydrogens is 789 g/mol. The van der Waals surface area contributed by atoms with Crippen LogP contribution in [0.25, 0.3) is 0 Å². The van der Waals surface area contributed by atoms with Gasteiger partial charge < -0.3 is 41.4 Å². The molecule has 0 bridgehead atoms. The summed E-state index contributed by atoms with van der Waals surface area (Å²) < 4.78 is 56.0. The smallest absolute Gasteiger partial charge is 0.193 e. The molecule has 1 fully saturated rings. The maximum Gasteiger partial charge on any atom is 0.193 e. The van der Waals surface area contributed by atoms with Gasteiger partial charge in [-0.3, -0.25) is 0 Å². The van der Waals surface area contributed by atoms with Gasteiger partial charge in [-0.15, -0.1) is 0 Å². The molecule has 9 nitrogen and oxygen atoms in total. The fourth-order valence-corrected chi connectivity index (χ4v) is 11.0. The van der Waals surface area contributed by atoms with Gasteiger partial charge in [0.05, 0.1) is 25.6 Å². The number of hydrogen-bond donors (Lipinski definition) is 1. The van der Waals surface area contributed by atoms with Crippen molar-refractivity contribution in [2.45, 2.75) is 244 Å². The molecular formula is C42H90O9Si5. The Morgan fingerprint density at radius 1 is 0.482 bits per heavy atom. The Morgan fingerprint density at radius 3 is 1.23 bits per heavy atom. The van der Waals surface area contributed by atoms with Crippen LogP contribution in [0.4, 0.5) is 0 Å². The third kappa shape index (κ3) is 12.7.